The SMILES string of the molecule is CC/C=C/c1cc2ccn(S(=O)(=O)c3ccc(C)cc3)c2c2c1[C@@H]1C[C@H]2C(O)C1O. The lowest BCUT2D eigenvalue weighted by atomic mass is 9.83. The van der Waals surface area contributed by atoms with E-state index in [1.807, 2.05) is 25.1 Å². The maximum atomic E-state index is 13.5. The lowest BCUT2D eigenvalue weighted by Gasteiger charge is -2.28. The van der Waals surface area contributed by atoms with E-state index in [1.165, 1.54) is 3.97 Å². The average molecular weight is 424 g/mol. The highest BCUT2D eigenvalue weighted by atomic mass is 32.2. The van der Waals surface area contributed by atoms with Crippen molar-refractivity contribution < 1.29 is 18.6 Å². The molecule has 0 amide bonds. The Labute approximate surface area is 176 Å². The highest BCUT2D eigenvalue weighted by molar-refractivity contribution is 7.90. The number of aromatic nitrogens is 1. The second kappa shape index (κ2) is 6.80. The highest BCUT2D eigenvalue weighted by Crippen LogP contribution is 2.56. The molecule has 1 fully saturated rings. The molecule has 5 nitrogen and oxygen atoms in total. The highest BCUT2D eigenvalue weighted by Gasteiger charge is 2.52. The van der Waals surface area contributed by atoms with Gasteiger partial charge < -0.3 is 10.2 Å². The van der Waals surface area contributed by atoms with Crippen LogP contribution in [0.5, 0.6) is 0 Å². The van der Waals surface area contributed by atoms with Crippen LogP contribution in [0.4, 0.5) is 0 Å². The van der Waals surface area contributed by atoms with Crippen molar-refractivity contribution in [1.29, 1.82) is 0 Å². The molecule has 0 spiro atoms. The molecule has 0 saturated heterocycles. The number of hydrogen-bond donors (Lipinski definition) is 2. The summed E-state index contributed by atoms with van der Waals surface area (Å²) in [6, 6.07) is 10.7. The Kier molecular flexibility index (Phi) is 4.43. The van der Waals surface area contributed by atoms with E-state index in [0.29, 0.717) is 11.9 Å². The number of aryl methyl sites for hydroxylation is 1. The van der Waals surface area contributed by atoms with E-state index in [9.17, 15) is 18.6 Å². The van der Waals surface area contributed by atoms with Crippen LogP contribution in [0.3, 0.4) is 0 Å². The third-order valence-corrected chi connectivity index (χ3v) is 8.28. The Bertz CT molecular complexity index is 1270. The first-order valence-corrected chi connectivity index (χ1v) is 11.8. The normalized spacial score (nSPS) is 25.5. The van der Waals surface area contributed by atoms with Gasteiger partial charge in [0.1, 0.15) is 0 Å². The minimum atomic E-state index is -3.78. The number of fused-ring (bicyclic) bond motifs is 7. The molecule has 2 aliphatic carbocycles. The number of hydrogen-bond acceptors (Lipinski definition) is 4. The van der Waals surface area contributed by atoms with Gasteiger partial charge in [-0.1, -0.05) is 36.8 Å². The Hall–Kier alpha value is -2.41. The van der Waals surface area contributed by atoms with E-state index in [4.69, 9.17) is 0 Å². The summed E-state index contributed by atoms with van der Waals surface area (Å²) >= 11 is 0. The van der Waals surface area contributed by atoms with Crippen molar-refractivity contribution in [3.05, 3.63) is 70.9 Å². The fourth-order valence-electron chi connectivity index (χ4n) is 5.15. The van der Waals surface area contributed by atoms with Crippen LogP contribution in [0.1, 0.15) is 53.9 Å². The first-order chi connectivity index (χ1) is 14.3. The van der Waals surface area contributed by atoms with Crippen molar-refractivity contribution in [1.82, 2.24) is 3.97 Å². The molecule has 1 aromatic heterocycles. The van der Waals surface area contributed by atoms with Gasteiger partial charge >= 0.3 is 0 Å². The molecule has 2 unspecified atom stereocenters. The molecule has 2 bridgehead atoms. The van der Waals surface area contributed by atoms with E-state index in [1.54, 1.807) is 30.5 Å². The minimum Gasteiger partial charge on any atom is -0.390 e. The summed E-state index contributed by atoms with van der Waals surface area (Å²) in [5, 5.41) is 22.0. The molecule has 2 N–H and O–H groups in total. The van der Waals surface area contributed by atoms with Gasteiger partial charge in [0.05, 0.1) is 22.6 Å². The van der Waals surface area contributed by atoms with Gasteiger partial charge in [-0.15, -0.1) is 0 Å². The van der Waals surface area contributed by atoms with Gasteiger partial charge in [-0.05, 0) is 60.7 Å². The van der Waals surface area contributed by atoms with E-state index in [2.05, 4.69) is 13.0 Å². The smallest absolute Gasteiger partial charge is 0.268 e. The number of benzene rings is 2. The van der Waals surface area contributed by atoms with Gasteiger partial charge in [0.25, 0.3) is 10.0 Å². The molecule has 3 aromatic rings. The predicted octanol–water partition coefficient (Wildman–Crippen LogP) is 3.92. The molecular formula is C24H25NO4S. The number of aliphatic hydroxyl groups excluding tert-OH is 2. The van der Waals surface area contributed by atoms with Gasteiger partial charge in [-0.2, -0.15) is 0 Å². The van der Waals surface area contributed by atoms with Crippen molar-refractivity contribution in [3.63, 3.8) is 0 Å². The predicted molar refractivity (Wildman–Crippen MR) is 117 cm³/mol. The molecule has 156 valence electrons. The quantitative estimate of drug-likeness (QED) is 0.667. The molecule has 2 aromatic carbocycles. The maximum absolute atomic E-state index is 13.5. The topological polar surface area (TPSA) is 79.5 Å². The molecule has 4 atom stereocenters. The fraction of sp³-hybridized carbons (Fsp3) is 0.333. The molecule has 1 heterocycles. The van der Waals surface area contributed by atoms with E-state index in [-0.39, 0.29) is 16.7 Å². The fourth-order valence-corrected chi connectivity index (χ4v) is 6.52. The maximum Gasteiger partial charge on any atom is 0.268 e. The number of aliphatic hydroxyl groups is 2. The summed E-state index contributed by atoms with van der Waals surface area (Å²) in [7, 11) is -3.78. The Morgan fingerprint density at radius 3 is 2.40 bits per heavy atom. The molecular weight excluding hydrogens is 398 g/mol. The monoisotopic (exact) mass is 423 g/mol. The van der Waals surface area contributed by atoms with Crippen molar-refractivity contribution in [2.45, 2.75) is 55.6 Å². The minimum absolute atomic E-state index is 0.175. The van der Waals surface area contributed by atoms with Crippen LogP contribution in [0.15, 0.2) is 53.6 Å². The van der Waals surface area contributed by atoms with Crippen molar-refractivity contribution in [2.24, 2.45) is 0 Å². The first-order valence-electron chi connectivity index (χ1n) is 10.4. The summed E-state index contributed by atoms with van der Waals surface area (Å²) in [5.41, 5.74) is 4.47. The molecule has 2 aliphatic rings. The van der Waals surface area contributed by atoms with Gasteiger partial charge in [0.15, 0.2) is 0 Å². The van der Waals surface area contributed by atoms with Crippen molar-refractivity contribution in [2.75, 3.05) is 0 Å². The van der Waals surface area contributed by atoms with E-state index in [0.717, 1.165) is 34.1 Å². The van der Waals surface area contributed by atoms with Crippen LogP contribution in [-0.2, 0) is 10.0 Å². The van der Waals surface area contributed by atoms with Crippen LogP contribution < -0.4 is 0 Å². The Morgan fingerprint density at radius 1 is 1.07 bits per heavy atom. The second-order valence-corrected chi connectivity index (χ2v) is 10.2. The van der Waals surface area contributed by atoms with Crippen molar-refractivity contribution in [3.8, 4) is 0 Å². The third-order valence-electron chi connectivity index (χ3n) is 6.59. The van der Waals surface area contributed by atoms with E-state index >= 15 is 0 Å². The van der Waals surface area contributed by atoms with Gasteiger partial charge in [-0.25, -0.2) is 12.4 Å². The van der Waals surface area contributed by atoms with Crippen LogP contribution in [0.25, 0.3) is 17.0 Å². The molecule has 0 radical (unpaired) electrons. The average Bonchev–Trinajstić information content (AvgIpc) is 3.40. The lowest BCUT2D eigenvalue weighted by molar-refractivity contribution is 0.0219. The largest absolute Gasteiger partial charge is 0.390 e. The Balaban J connectivity index is 1.79. The van der Waals surface area contributed by atoms with Gasteiger partial charge in [0, 0.05) is 23.4 Å². The van der Waals surface area contributed by atoms with E-state index < -0.39 is 22.2 Å². The third kappa shape index (κ3) is 2.64. The molecule has 6 heteroatoms. The summed E-state index contributed by atoms with van der Waals surface area (Å²) in [4.78, 5) is 0.234. The number of rotatable bonds is 4. The van der Waals surface area contributed by atoms with Gasteiger partial charge in [0.2, 0.25) is 0 Å². The first kappa shape index (κ1) is 19.5. The zero-order valence-corrected chi connectivity index (χ0v) is 17.8. The summed E-state index contributed by atoms with van der Waals surface area (Å²) < 4.78 is 28.3. The second-order valence-electron chi connectivity index (χ2n) is 8.40. The van der Waals surface area contributed by atoms with Crippen LogP contribution >= 0.6 is 0 Å². The summed E-state index contributed by atoms with van der Waals surface area (Å²) in [6.45, 7) is 3.98. The summed E-state index contributed by atoms with van der Waals surface area (Å²) in [5.74, 6) is -0.439. The molecule has 30 heavy (non-hydrogen) atoms. The molecule has 1 saturated carbocycles. The van der Waals surface area contributed by atoms with Crippen LogP contribution in [0.2, 0.25) is 0 Å². The summed E-state index contributed by atoms with van der Waals surface area (Å²) in [6.07, 6.45) is 5.55. The van der Waals surface area contributed by atoms with Crippen LogP contribution in [0, 0.1) is 6.92 Å². The van der Waals surface area contributed by atoms with Gasteiger partial charge in [-0.3, -0.25) is 0 Å². The number of nitrogens with zero attached hydrogens (tertiary/aromatic N) is 1. The molecule has 0 aliphatic heterocycles. The lowest BCUT2D eigenvalue weighted by Crippen LogP contribution is -2.32. The number of allylic oxidation sites excluding steroid dienone is 1. The van der Waals surface area contributed by atoms with Crippen molar-refractivity contribution >= 4 is 27.0 Å². The molecule has 5 rings (SSSR count). The zero-order chi connectivity index (χ0) is 21.2. The Morgan fingerprint density at radius 2 is 1.73 bits per heavy atom. The van der Waals surface area contributed by atoms with Crippen LogP contribution in [-0.4, -0.2) is 34.8 Å². The standard InChI is InChI=1S/C24H25NO4S/c1-3-4-5-15-12-16-10-11-25(30(28,29)17-8-6-14(2)7-9-17)22(16)21-19-13-18(20(15)21)23(26)24(19)27/h4-12,18-19,23-24,26-27H,3,13H2,1-2H3/b5-4+/t18-,19+,23?,24?/m0/s1. The zero-order valence-electron chi connectivity index (χ0n) is 17.0.